The smallest absolute Gasteiger partial charge is 0.258 e. The summed E-state index contributed by atoms with van der Waals surface area (Å²) in [5, 5.41) is 0. The molecule has 4 rings (SSSR count). The van der Waals surface area contributed by atoms with Crippen molar-refractivity contribution in [3.05, 3.63) is 76.3 Å². The highest BCUT2D eigenvalue weighted by atomic mass is 16.1. The number of aromatic nitrogens is 2. The van der Waals surface area contributed by atoms with E-state index < -0.39 is 0 Å². The maximum absolute atomic E-state index is 12.3. The second kappa shape index (κ2) is 6.92. The van der Waals surface area contributed by atoms with Crippen LogP contribution in [0.5, 0.6) is 0 Å². The second-order valence-electron chi connectivity index (χ2n) is 7.13. The molecule has 2 aromatic heterocycles. The van der Waals surface area contributed by atoms with Crippen LogP contribution in [0.4, 0.5) is 5.69 Å². The average molecular weight is 348 g/mol. The summed E-state index contributed by atoms with van der Waals surface area (Å²) in [7, 11) is 4.13. The molecule has 5 heteroatoms. The van der Waals surface area contributed by atoms with E-state index in [0.717, 1.165) is 18.7 Å². The van der Waals surface area contributed by atoms with Gasteiger partial charge in [0.15, 0.2) is 0 Å². The van der Waals surface area contributed by atoms with E-state index in [4.69, 9.17) is 0 Å². The van der Waals surface area contributed by atoms with E-state index >= 15 is 0 Å². The Labute approximate surface area is 153 Å². The third kappa shape index (κ3) is 3.22. The van der Waals surface area contributed by atoms with E-state index in [2.05, 4.69) is 53.1 Å². The van der Waals surface area contributed by atoms with Crippen LogP contribution in [-0.4, -0.2) is 34.9 Å². The second-order valence-corrected chi connectivity index (χ2v) is 7.13. The average Bonchev–Trinajstić information content (AvgIpc) is 3.10. The van der Waals surface area contributed by atoms with Gasteiger partial charge in [-0.2, -0.15) is 0 Å². The summed E-state index contributed by atoms with van der Waals surface area (Å²) < 4.78 is 1.59. The number of benzene rings is 1. The maximum Gasteiger partial charge on any atom is 0.258 e. The van der Waals surface area contributed by atoms with Crippen LogP contribution < -0.4 is 10.5 Å². The third-order valence-corrected chi connectivity index (χ3v) is 5.12. The largest absolute Gasteiger partial charge is 0.378 e. The molecular weight excluding hydrogens is 324 g/mol. The SMILES string of the molecule is CN(C)c1cccc([C@@H]2CCCN2Cc2cc(=O)n3ccccc3n2)c1. The zero-order valence-electron chi connectivity index (χ0n) is 15.3. The van der Waals surface area contributed by atoms with Gasteiger partial charge in [-0.25, -0.2) is 4.98 Å². The molecule has 1 aliphatic rings. The van der Waals surface area contributed by atoms with Crippen molar-refractivity contribution in [2.75, 3.05) is 25.5 Å². The predicted octanol–water partition coefficient (Wildman–Crippen LogP) is 3.10. The summed E-state index contributed by atoms with van der Waals surface area (Å²) in [5.74, 6) is 0. The van der Waals surface area contributed by atoms with Crippen LogP contribution in [0.15, 0.2) is 59.5 Å². The number of rotatable bonds is 4. The van der Waals surface area contributed by atoms with Gasteiger partial charge < -0.3 is 4.90 Å². The number of anilines is 1. The number of hydrogen-bond donors (Lipinski definition) is 0. The topological polar surface area (TPSA) is 40.9 Å². The van der Waals surface area contributed by atoms with Gasteiger partial charge in [-0.1, -0.05) is 18.2 Å². The molecule has 26 heavy (non-hydrogen) atoms. The van der Waals surface area contributed by atoms with Crippen LogP contribution >= 0.6 is 0 Å². The molecule has 3 aromatic rings. The Balaban J connectivity index is 1.62. The van der Waals surface area contributed by atoms with E-state index in [-0.39, 0.29) is 5.56 Å². The molecule has 0 unspecified atom stereocenters. The quantitative estimate of drug-likeness (QED) is 0.726. The highest BCUT2D eigenvalue weighted by molar-refractivity contribution is 5.48. The molecule has 1 atom stereocenters. The molecule has 1 fully saturated rings. The molecule has 0 bridgehead atoms. The zero-order valence-corrected chi connectivity index (χ0v) is 15.3. The van der Waals surface area contributed by atoms with E-state index in [1.165, 1.54) is 17.7 Å². The van der Waals surface area contributed by atoms with Gasteiger partial charge in [0.2, 0.25) is 0 Å². The number of likely N-dealkylation sites (tertiary alicyclic amines) is 1. The Morgan fingerprint density at radius 3 is 2.88 bits per heavy atom. The standard InChI is InChI=1S/C21H24N4O/c1-23(2)18-8-5-7-16(13-18)19-9-6-11-24(19)15-17-14-21(26)25-12-4-3-10-20(25)22-17/h3-5,7-8,10,12-14,19H,6,9,11,15H2,1-2H3/t19-/m0/s1. The van der Waals surface area contributed by atoms with Crippen molar-refractivity contribution in [3.8, 4) is 0 Å². The summed E-state index contributed by atoms with van der Waals surface area (Å²) in [4.78, 5) is 21.6. The fourth-order valence-corrected chi connectivity index (χ4v) is 3.80. The number of hydrogen-bond acceptors (Lipinski definition) is 4. The first-order valence-electron chi connectivity index (χ1n) is 9.10. The molecule has 0 radical (unpaired) electrons. The first kappa shape index (κ1) is 16.8. The van der Waals surface area contributed by atoms with E-state index in [1.807, 2.05) is 18.2 Å². The van der Waals surface area contributed by atoms with E-state index in [0.29, 0.717) is 18.2 Å². The number of nitrogens with zero attached hydrogens (tertiary/aromatic N) is 4. The minimum Gasteiger partial charge on any atom is -0.378 e. The highest BCUT2D eigenvalue weighted by Crippen LogP contribution is 2.34. The Morgan fingerprint density at radius 2 is 2.04 bits per heavy atom. The lowest BCUT2D eigenvalue weighted by molar-refractivity contribution is 0.245. The third-order valence-electron chi connectivity index (χ3n) is 5.12. The predicted molar refractivity (Wildman–Crippen MR) is 105 cm³/mol. The summed E-state index contributed by atoms with van der Waals surface area (Å²) in [6, 6.07) is 16.4. The van der Waals surface area contributed by atoms with Crippen LogP contribution in [0.2, 0.25) is 0 Å². The zero-order chi connectivity index (χ0) is 18.1. The van der Waals surface area contributed by atoms with Crippen LogP contribution in [-0.2, 0) is 6.54 Å². The van der Waals surface area contributed by atoms with Gasteiger partial charge in [0.05, 0.1) is 5.69 Å². The molecule has 3 heterocycles. The van der Waals surface area contributed by atoms with Gasteiger partial charge in [0, 0.05) is 44.6 Å². The maximum atomic E-state index is 12.3. The van der Waals surface area contributed by atoms with Crippen molar-refractivity contribution in [2.24, 2.45) is 0 Å². The molecule has 1 aliphatic heterocycles. The van der Waals surface area contributed by atoms with Crippen molar-refractivity contribution < 1.29 is 0 Å². The molecule has 1 aromatic carbocycles. The lowest BCUT2D eigenvalue weighted by Crippen LogP contribution is -2.25. The van der Waals surface area contributed by atoms with Gasteiger partial charge in [-0.15, -0.1) is 0 Å². The Morgan fingerprint density at radius 1 is 1.15 bits per heavy atom. The van der Waals surface area contributed by atoms with E-state index in [9.17, 15) is 4.79 Å². The van der Waals surface area contributed by atoms with Crippen LogP contribution in [0.3, 0.4) is 0 Å². The Hall–Kier alpha value is -2.66. The highest BCUT2D eigenvalue weighted by Gasteiger charge is 2.26. The van der Waals surface area contributed by atoms with Gasteiger partial charge in [-0.05, 0) is 49.2 Å². The van der Waals surface area contributed by atoms with Gasteiger partial charge in [0.25, 0.3) is 5.56 Å². The fraction of sp³-hybridized carbons (Fsp3) is 0.333. The minimum atomic E-state index is -0.0176. The summed E-state index contributed by atoms with van der Waals surface area (Å²) in [6.45, 7) is 1.74. The van der Waals surface area contributed by atoms with Crippen molar-refractivity contribution >= 4 is 11.3 Å². The van der Waals surface area contributed by atoms with Crippen molar-refractivity contribution in [1.82, 2.24) is 14.3 Å². The molecule has 0 aliphatic carbocycles. The molecule has 0 saturated carbocycles. The molecule has 5 nitrogen and oxygen atoms in total. The number of pyridine rings is 1. The minimum absolute atomic E-state index is 0.0176. The molecule has 0 N–H and O–H groups in total. The summed E-state index contributed by atoms with van der Waals surface area (Å²) in [5.41, 5.74) is 4.09. The first-order chi connectivity index (χ1) is 12.6. The van der Waals surface area contributed by atoms with Crippen molar-refractivity contribution in [2.45, 2.75) is 25.4 Å². The molecule has 0 amide bonds. The summed E-state index contributed by atoms with van der Waals surface area (Å²) >= 11 is 0. The monoisotopic (exact) mass is 348 g/mol. The number of fused-ring (bicyclic) bond motifs is 1. The lowest BCUT2D eigenvalue weighted by atomic mass is 10.0. The summed E-state index contributed by atoms with van der Waals surface area (Å²) in [6.07, 6.45) is 4.08. The Kier molecular flexibility index (Phi) is 4.47. The van der Waals surface area contributed by atoms with Crippen molar-refractivity contribution in [3.63, 3.8) is 0 Å². The molecule has 0 spiro atoms. The van der Waals surface area contributed by atoms with E-state index in [1.54, 1.807) is 16.7 Å². The Bertz CT molecular complexity index is 979. The normalized spacial score (nSPS) is 17.7. The van der Waals surface area contributed by atoms with Gasteiger partial charge >= 0.3 is 0 Å². The van der Waals surface area contributed by atoms with Gasteiger partial charge in [-0.3, -0.25) is 14.1 Å². The molecule has 1 saturated heterocycles. The molecular formula is C21H24N4O. The van der Waals surface area contributed by atoms with Crippen molar-refractivity contribution in [1.29, 1.82) is 0 Å². The first-order valence-corrected chi connectivity index (χ1v) is 9.10. The lowest BCUT2D eigenvalue weighted by Gasteiger charge is -2.25. The fourth-order valence-electron chi connectivity index (χ4n) is 3.80. The van der Waals surface area contributed by atoms with Crippen LogP contribution in [0, 0.1) is 0 Å². The molecule has 134 valence electrons. The van der Waals surface area contributed by atoms with Crippen LogP contribution in [0.25, 0.3) is 5.65 Å². The van der Waals surface area contributed by atoms with Gasteiger partial charge in [0.1, 0.15) is 5.65 Å². The van der Waals surface area contributed by atoms with Crippen LogP contribution in [0.1, 0.15) is 30.1 Å².